The van der Waals surface area contributed by atoms with Gasteiger partial charge in [0.15, 0.2) is 0 Å². The second-order valence-electron chi connectivity index (χ2n) is 8.20. The van der Waals surface area contributed by atoms with Crippen LogP contribution in [0.15, 0.2) is 85.1 Å². The Morgan fingerprint density at radius 1 is 0.903 bits per heavy atom. The van der Waals surface area contributed by atoms with Gasteiger partial charge in [-0.3, -0.25) is 4.79 Å². The zero-order chi connectivity index (χ0) is 21.6. The first-order chi connectivity index (χ1) is 15.2. The Labute approximate surface area is 184 Å². The molecule has 0 N–H and O–H groups in total. The molecule has 3 heteroatoms. The summed E-state index contributed by atoms with van der Waals surface area (Å²) in [4.78, 5) is 15.5. The van der Waals surface area contributed by atoms with Crippen LogP contribution in [0.25, 0.3) is 10.8 Å². The first kappa shape index (κ1) is 20.9. The third kappa shape index (κ3) is 4.88. The summed E-state index contributed by atoms with van der Waals surface area (Å²) in [6.45, 7) is 6.51. The van der Waals surface area contributed by atoms with Gasteiger partial charge in [-0.15, -0.1) is 0 Å². The summed E-state index contributed by atoms with van der Waals surface area (Å²) in [6.07, 6.45) is 4.17. The van der Waals surface area contributed by atoms with Crippen LogP contribution in [-0.4, -0.2) is 21.9 Å². The second kappa shape index (κ2) is 9.65. The highest BCUT2D eigenvalue weighted by atomic mass is 16.2. The smallest absolute Gasteiger partial charge is 0.254 e. The monoisotopic (exact) mass is 410 g/mol. The number of unbranched alkanes of at least 4 members (excludes halogenated alkanes) is 1. The molecule has 0 bridgehead atoms. The number of amides is 1. The van der Waals surface area contributed by atoms with E-state index in [1.54, 1.807) is 0 Å². The molecule has 0 unspecified atom stereocenters. The van der Waals surface area contributed by atoms with E-state index >= 15 is 0 Å². The van der Waals surface area contributed by atoms with Gasteiger partial charge in [-0.05, 0) is 59.5 Å². The Morgan fingerprint density at radius 3 is 2.48 bits per heavy atom. The van der Waals surface area contributed by atoms with Gasteiger partial charge in [0.25, 0.3) is 5.91 Å². The summed E-state index contributed by atoms with van der Waals surface area (Å²) in [7, 11) is 0. The van der Waals surface area contributed by atoms with E-state index in [0.717, 1.165) is 48.0 Å². The predicted octanol–water partition coefficient (Wildman–Crippen LogP) is 6.44. The van der Waals surface area contributed by atoms with Gasteiger partial charge in [-0.25, -0.2) is 0 Å². The maximum absolute atomic E-state index is 13.5. The van der Waals surface area contributed by atoms with E-state index in [2.05, 4.69) is 73.1 Å². The van der Waals surface area contributed by atoms with Gasteiger partial charge >= 0.3 is 0 Å². The van der Waals surface area contributed by atoms with Crippen LogP contribution in [0.3, 0.4) is 0 Å². The lowest BCUT2D eigenvalue weighted by Gasteiger charge is -2.24. The Bertz CT molecular complexity index is 1170. The van der Waals surface area contributed by atoms with Crippen LogP contribution in [0.4, 0.5) is 0 Å². The second-order valence-corrected chi connectivity index (χ2v) is 8.20. The van der Waals surface area contributed by atoms with Crippen molar-refractivity contribution in [2.75, 3.05) is 6.54 Å². The number of fused-ring (bicyclic) bond motifs is 1. The van der Waals surface area contributed by atoms with Crippen LogP contribution < -0.4 is 0 Å². The van der Waals surface area contributed by atoms with Crippen molar-refractivity contribution in [3.05, 3.63) is 107 Å². The third-order valence-corrected chi connectivity index (χ3v) is 5.94. The molecule has 0 saturated heterocycles. The van der Waals surface area contributed by atoms with Gasteiger partial charge in [0.05, 0.1) is 6.54 Å². The molecule has 1 amide bonds. The molecule has 1 aromatic heterocycles. The number of benzene rings is 3. The van der Waals surface area contributed by atoms with Crippen molar-refractivity contribution in [2.24, 2.45) is 0 Å². The Hall–Kier alpha value is -3.33. The molecule has 0 aliphatic heterocycles. The number of hydrogen-bond donors (Lipinski definition) is 0. The molecule has 1 heterocycles. The number of hydrogen-bond acceptors (Lipinski definition) is 1. The van der Waals surface area contributed by atoms with Gasteiger partial charge < -0.3 is 9.47 Å². The highest BCUT2D eigenvalue weighted by Crippen LogP contribution is 2.19. The van der Waals surface area contributed by atoms with Crippen molar-refractivity contribution in [1.29, 1.82) is 0 Å². The van der Waals surface area contributed by atoms with Crippen molar-refractivity contribution in [1.82, 2.24) is 9.47 Å². The summed E-state index contributed by atoms with van der Waals surface area (Å²) in [5.41, 5.74) is 4.51. The zero-order valence-corrected chi connectivity index (χ0v) is 18.4. The SMILES string of the molecule is CCCCN(Cc1cccn1Cc1ccccc1C)C(=O)c1ccc2ccccc2c1. The fraction of sp³-hybridized carbons (Fsp3) is 0.250. The number of carbonyl (C=O) groups is 1. The average Bonchev–Trinajstić information content (AvgIpc) is 3.24. The fourth-order valence-corrected chi connectivity index (χ4v) is 4.02. The van der Waals surface area contributed by atoms with Crippen LogP contribution in [0.1, 0.15) is 46.9 Å². The summed E-state index contributed by atoms with van der Waals surface area (Å²) >= 11 is 0. The van der Waals surface area contributed by atoms with E-state index in [1.807, 2.05) is 35.2 Å². The van der Waals surface area contributed by atoms with E-state index in [4.69, 9.17) is 0 Å². The molecular weight excluding hydrogens is 380 g/mol. The highest BCUT2D eigenvalue weighted by Gasteiger charge is 2.18. The maximum atomic E-state index is 13.5. The molecule has 4 rings (SSSR count). The number of aromatic nitrogens is 1. The van der Waals surface area contributed by atoms with Crippen LogP contribution in [-0.2, 0) is 13.1 Å². The molecule has 0 spiro atoms. The van der Waals surface area contributed by atoms with Gasteiger partial charge in [-0.1, -0.05) is 67.9 Å². The zero-order valence-electron chi connectivity index (χ0n) is 18.4. The molecule has 0 saturated carbocycles. The topological polar surface area (TPSA) is 25.2 Å². The van der Waals surface area contributed by atoms with E-state index < -0.39 is 0 Å². The Balaban J connectivity index is 1.58. The van der Waals surface area contributed by atoms with Gasteiger partial charge in [0, 0.05) is 30.5 Å². The molecule has 0 fully saturated rings. The molecule has 4 aromatic rings. The fourth-order valence-electron chi connectivity index (χ4n) is 4.02. The molecule has 31 heavy (non-hydrogen) atoms. The lowest BCUT2D eigenvalue weighted by molar-refractivity contribution is 0.0737. The standard InChI is InChI=1S/C28H30N2O/c1-3-4-17-30(28(31)25-16-15-23-11-7-8-12-24(23)19-25)21-27-14-9-18-29(27)20-26-13-6-5-10-22(26)2/h5-16,18-19H,3-4,17,20-21H2,1-2H3. The van der Waals surface area contributed by atoms with Crippen LogP contribution >= 0.6 is 0 Å². The Kier molecular flexibility index (Phi) is 6.51. The lowest BCUT2D eigenvalue weighted by atomic mass is 10.1. The van der Waals surface area contributed by atoms with Crippen molar-refractivity contribution >= 4 is 16.7 Å². The molecule has 0 radical (unpaired) electrons. The molecule has 3 nitrogen and oxygen atoms in total. The predicted molar refractivity (Wildman–Crippen MR) is 128 cm³/mol. The summed E-state index contributed by atoms with van der Waals surface area (Å²) in [5, 5.41) is 2.26. The third-order valence-electron chi connectivity index (χ3n) is 5.94. The van der Waals surface area contributed by atoms with E-state index in [-0.39, 0.29) is 5.91 Å². The quantitative estimate of drug-likeness (QED) is 0.328. The van der Waals surface area contributed by atoms with Gasteiger partial charge in [0.2, 0.25) is 0 Å². The van der Waals surface area contributed by atoms with Crippen molar-refractivity contribution < 1.29 is 4.79 Å². The maximum Gasteiger partial charge on any atom is 0.254 e. The lowest BCUT2D eigenvalue weighted by Crippen LogP contribution is -2.32. The molecule has 3 aromatic carbocycles. The number of rotatable bonds is 8. The van der Waals surface area contributed by atoms with Crippen LogP contribution in [0.2, 0.25) is 0 Å². The number of aryl methyl sites for hydroxylation is 1. The normalized spacial score (nSPS) is 11.0. The minimum atomic E-state index is 0.0999. The van der Waals surface area contributed by atoms with Crippen molar-refractivity contribution in [3.8, 4) is 0 Å². The van der Waals surface area contributed by atoms with E-state index in [0.29, 0.717) is 6.54 Å². The summed E-state index contributed by atoms with van der Waals surface area (Å²) in [6, 6.07) is 26.9. The first-order valence-electron chi connectivity index (χ1n) is 11.1. The molecule has 0 aliphatic carbocycles. The molecular formula is C28H30N2O. The summed E-state index contributed by atoms with van der Waals surface area (Å²) < 4.78 is 2.26. The largest absolute Gasteiger partial charge is 0.345 e. The number of carbonyl (C=O) groups excluding carboxylic acids is 1. The van der Waals surface area contributed by atoms with Crippen molar-refractivity contribution in [2.45, 2.75) is 39.8 Å². The van der Waals surface area contributed by atoms with Crippen LogP contribution in [0, 0.1) is 6.92 Å². The van der Waals surface area contributed by atoms with Crippen LogP contribution in [0.5, 0.6) is 0 Å². The highest BCUT2D eigenvalue weighted by molar-refractivity contribution is 5.98. The Morgan fingerprint density at radius 2 is 1.68 bits per heavy atom. The van der Waals surface area contributed by atoms with Gasteiger partial charge in [0.1, 0.15) is 0 Å². The average molecular weight is 411 g/mol. The van der Waals surface area contributed by atoms with Gasteiger partial charge in [-0.2, -0.15) is 0 Å². The van der Waals surface area contributed by atoms with E-state index in [9.17, 15) is 4.79 Å². The number of nitrogens with zero attached hydrogens (tertiary/aromatic N) is 2. The summed E-state index contributed by atoms with van der Waals surface area (Å²) in [5.74, 6) is 0.0999. The first-order valence-corrected chi connectivity index (χ1v) is 11.1. The molecule has 0 atom stereocenters. The minimum Gasteiger partial charge on any atom is -0.345 e. The molecule has 158 valence electrons. The van der Waals surface area contributed by atoms with Crippen molar-refractivity contribution in [3.63, 3.8) is 0 Å². The minimum absolute atomic E-state index is 0.0999. The molecule has 0 aliphatic rings. The van der Waals surface area contributed by atoms with E-state index in [1.165, 1.54) is 11.1 Å².